The first kappa shape index (κ1) is 18.2. The molecule has 3 aliphatic carbocycles. The van der Waals surface area contributed by atoms with Gasteiger partial charge in [0, 0.05) is 5.41 Å². The second kappa shape index (κ2) is 5.43. The van der Waals surface area contributed by atoms with Crippen molar-refractivity contribution in [2.24, 2.45) is 11.3 Å². The van der Waals surface area contributed by atoms with Gasteiger partial charge in [0.25, 0.3) is 0 Å². The van der Waals surface area contributed by atoms with E-state index in [1.165, 1.54) is 25.7 Å². The summed E-state index contributed by atoms with van der Waals surface area (Å²) in [5.74, 6) is 0.610. The van der Waals surface area contributed by atoms with E-state index in [2.05, 4.69) is 46.9 Å². The Morgan fingerprint density at radius 1 is 1.20 bits per heavy atom. The minimum Gasteiger partial charge on any atom is -0.413 e. The van der Waals surface area contributed by atoms with E-state index in [4.69, 9.17) is 9.16 Å². The topological polar surface area (TPSA) is 42.0 Å². The molecule has 0 aromatic carbocycles. The average molecular weight is 365 g/mol. The van der Waals surface area contributed by atoms with Crippen molar-refractivity contribution in [3.05, 3.63) is 11.6 Å². The van der Waals surface area contributed by atoms with Crippen LogP contribution in [0.3, 0.4) is 0 Å². The van der Waals surface area contributed by atoms with E-state index in [1.54, 1.807) is 0 Å². The number of ether oxygens (including phenoxy) is 1. The van der Waals surface area contributed by atoms with Crippen LogP contribution in [0.2, 0.25) is 18.1 Å². The van der Waals surface area contributed by atoms with E-state index in [-0.39, 0.29) is 28.3 Å². The Morgan fingerprint density at radius 3 is 2.60 bits per heavy atom. The molecule has 0 aromatic heterocycles. The Labute approximate surface area is 154 Å². The summed E-state index contributed by atoms with van der Waals surface area (Å²) >= 11 is 0. The van der Waals surface area contributed by atoms with Crippen molar-refractivity contribution < 1.29 is 14.3 Å². The summed E-state index contributed by atoms with van der Waals surface area (Å²) < 4.78 is 13.5. The fourth-order valence-electron chi connectivity index (χ4n) is 5.78. The van der Waals surface area contributed by atoms with Crippen molar-refractivity contribution in [3.8, 4) is 0 Å². The maximum atomic E-state index is 11.1. The van der Waals surface area contributed by atoms with Crippen molar-refractivity contribution in [2.75, 3.05) is 0 Å². The van der Waals surface area contributed by atoms with Gasteiger partial charge in [-0.2, -0.15) is 0 Å². The lowest BCUT2D eigenvalue weighted by Gasteiger charge is -2.48. The highest BCUT2D eigenvalue weighted by atomic mass is 28.4. The van der Waals surface area contributed by atoms with Crippen LogP contribution < -0.4 is 0 Å². The van der Waals surface area contributed by atoms with Crippen LogP contribution in [0.15, 0.2) is 11.6 Å². The predicted octanol–water partition coefficient (Wildman–Crippen LogP) is 4.81. The zero-order chi connectivity index (χ0) is 18.3. The monoisotopic (exact) mass is 364 g/mol. The fourth-order valence-corrected chi connectivity index (χ4v) is 7.17. The Morgan fingerprint density at radius 2 is 1.92 bits per heavy atom. The molecule has 3 fully saturated rings. The van der Waals surface area contributed by atoms with Crippen molar-refractivity contribution in [2.45, 2.75) is 108 Å². The van der Waals surface area contributed by atoms with Crippen LogP contribution in [0.4, 0.5) is 0 Å². The van der Waals surface area contributed by atoms with Crippen LogP contribution in [-0.4, -0.2) is 37.3 Å². The number of hydrogen-bond acceptors (Lipinski definition) is 3. The van der Waals surface area contributed by atoms with E-state index < -0.39 is 14.4 Å². The number of epoxide rings is 1. The SMILES string of the molecule is CC1=CC23CCCCC(CC[C@H]4O[C@]42[C@H]1O)C3O[Si](C)(C)C(C)(C)C. The predicted molar refractivity (Wildman–Crippen MR) is 103 cm³/mol. The molecule has 4 rings (SSSR count). The maximum Gasteiger partial charge on any atom is 0.192 e. The van der Waals surface area contributed by atoms with Gasteiger partial charge >= 0.3 is 0 Å². The zero-order valence-electron chi connectivity index (χ0n) is 16.9. The Hall–Kier alpha value is -0.163. The number of aliphatic hydroxyl groups is 1. The molecule has 3 unspecified atom stereocenters. The van der Waals surface area contributed by atoms with Crippen molar-refractivity contribution in [1.29, 1.82) is 0 Å². The van der Waals surface area contributed by atoms with Crippen LogP contribution in [0.5, 0.6) is 0 Å². The summed E-state index contributed by atoms with van der Waals surface area (Å²) in [4.78, 5) is 0. The summed E-state index contributed by atoms with van der Waals surface area (Å²) in [6, 6.07) is 0. The minimum atomic E-state index is -1.89. The van der Waals surface area contributed by atoms with Gasteiger partial charge in [0.2, 0.25) is 0 Å². The molecule has 2 bridgehead atoms. The lowest BCUT2D eigenvalue weighted by Crippen LogP contribution is -2.56. The summed E-state index contributed by atoms with van der Waals surface area (Å²) in [5, 5.41) is 11.3. The minimum absolute atomic E-state index is 0.117. The summed E-state index contributed by atoms with van der Waals surface area (Å²) in [6.45, 7) is 13.8. The molecule has 2 saturated carbocycles. The lowest BCUT2D eigenvalue weighted by molar-refractivity contribution is -0.0505. The molecular formula is C21H36O3Si. The Kier molecular flexibility index (Phi) is 3.96. The van der Waals surface area contributed by atoms with E-state index in [1.807, 2.05) is 0 Å². The first-order valence-electron chi connectivity index (χ1n) is 10.3. The second-order valence-corrected chi connectivity index (χ2v) is 15.4. The zero-order valence-corrected chi connectivity index (χ0v) is 17.9. The van der Waals surface area contributed by atoms with Gasteiger partial charge < -0.3 is 14.3 Å². The first-order chi connectivity index (χ1) is 11.6. The Balaban J connectivity index is 1.80. The van der Waals surface area contributed by atoms with Gasteiger partial charge in [-0.15, -0.1) is 0 Å². The van der Waals surface area contributed by atoms with Gasteiger partial charge in [0.15, 0.2) is 8.32 Å². The number of hydrogen-bond donors (Lipinski definition) is 1. The lowest BCUT2D eigenvalue weighted by atomic mass is 9.67. The third-order valence-electron chi connectivity index (χ3n) is 8.19. The normalized spacial score (nSPS) is 46.6. The molecule has 2 spiro atoms. The van der Waals surface area contributed by atoms with Gasteiger partial charge in [-0.3, -0.25) is 0 Å². The number of aliphatic hydroxyl groups excluding tert-OH is 1. The van der Waals surface area contributed by atoms with Gasteiger partial charge in [-0.1, -0.05) is 39.7 Å². The van der Waals surface area contributed by atoms with E-state index in [9.17, 15) is 5.11 Å². The molecule has 1 saturated heterocycles. The third kappa shape index (κ3) is 2.33. The fraction of sp³-hybridized carbons (Fsp3) is 0.905. The molecule has 0 radical (unpaired) electrons. The summed E-state index contributed by atoms with van der Waals surface area (Å²) in [6.07, 6.45) is 9.53. The maximum absolute atomic E-state index is 11.1. The molecule has 0 amide bonds. The van der Waals surface area contributed by atoms with Gasteiger partial charge in [-0.25, -0.2) is 0 Å². The molecule has 1 N–H and O–H groups in total. The number of fused-ring (bicyclic) bond motifs is 1. The smallest absolute Gasteiger partial charge is 0.192 e. The van der Waals surface area contributed by atoms with Gasteiger partial charge in [0.05, 0.1) is 12.2 Å². The van der Waals surface area contributed by atoms with Crippen molar-refractivity contribution >= 4 is 8.32 Å². The van der Waals surface area contributed by atoms with Crippen LogP contribution in [0, 0.1) is 11.3 Å². The molecule has 4 aliphatic rings. The third-order valence-corrected chi connectivity index (χ3v) is 12.6. The van der Waals surface area contributed by atoms with Gasteiger partial charge in [0.1, 0.15) is 11.7 Å². The van der Waals surface area contributed by atoms with Crippen LogP contribution in [0.25, 0.3) is 0 Å². The first-order valence-corrected chi connectivity index (χ1v) is 13.2. The molecule has 25 heavy (non-hydrogen) atoms. The van der Waals surface area contributed by atoms with E-state index in [0.29, 0.717) is 5.92 Å². The summed E-state index contributed by atoms with van der Waals surface area (Å²) in [5.41, 5.74) is 0.603. The van der Waals surface area contributed by atoms with E-state index >= 15 is 0 Å². The average Bonchev–Trinajstić information content (AvgIpc) is 3.23. The van der Waals surface area contributed by atoms with Crippen molar-refractivity contribution in [3.63, 3.8) is 0 Å². The van der Waals surface area contributed by atoms with Crippen LogP contribution in [0.1, 0.15) is 66.2 Å². The molecule has 1 aliphatic heterocycles. The largest absolute Gasteiger partial charge is 0.413 e. The molecule has 0 aromatic rings. The molecule has 6 atom stereocenters. The van der Waals surface area contributed by atoms with E-state index in [0.717, 1.165) is 18.4 Å². The summed E-state index contributed by atoms with van der Waals surface area (Å²) in [7, 11) is -1.89. The quantitative estimate of drug-likeness (QED) is 0.434. The molecular weight excluding hydrogens is 328 g/mol. The van der Waals surface area contributed by atoms with Crippen LogP contribution >= 0.6 is 0 Å². The molecule has 142 valence electrons. The van der Waals surface area contributed by atoms with Crippen molar-refractivity contribution in [1.82, 2.24) is 0 Å². The molecule has 4 heteroatoms. The van der Waals surface area contributed by atoms with Crippen LogP contribution in [-0.2, 0) is 9.16 Å². The number of rotatable bonds is 2. The van der Waals surface area contributed by atoms with Gasteiger partial charge in [-0.05, 0) is 62.2 Å². The second-order valence-electron chi connectivity index (χ2n) is 10.6. The molecule has 1 heterocycles. The standard InChI is InChI=1S/C21H36O3Si/c1-14-13-20-12-8-7-9-15(10-11-16-21(20,23-16)17(14)22)18(20)24-25(5,6)19(2,3)4/h13,15-18,22H,7-12H2,1-6H3/t15?,16-,17+,18?,20?,21+/m1/s1. The molecule has 3 nitrogen and oxygen atoms in total. The highest BCUT2D eigenvalue weighted by Gasteiger charge is 2.78. The highest BCUT2D eigenvalue weighted by Crippen LogP contribution is 2.68. The Bertz CT molecular complexity index is 592. The highest BCUT2D eigenvalue weighted by molar-refractivity contribution is 6.74.